The molecule has 4 nitrogen and oxygen atoms in total. The van der Waals surface area contributed by atoms with Crippen LogP contribution < -0.4 is 5.32 Å². The molecule has 3 atom stereocenters. The lowest BCUT2D eigenvalue weighted by Gasteiger charge is -2.35. The van der Waals surface area contributed by atoms with Crippen LogP contribution in [0.25, 0.3) is 0 Å². The van der Waals surface area contributed by atoms with Crippen LogP contribution in [0.4, 0.5) is 0 Å². The van der Waals surface area contributed by atoms with E-state index in [2.05, 4.69) is 19.2 Å². The van der Waals surface area contributed by atoms with Gasteiger partial charge in [-0.2, -0.15) is 0 Å². The zero-order valence-corrected chi connectivity index (χ0v) is 13.3. The molecule has 1 rings (SSSR count). The fourth-order valence-electron chi connectivity index (χ4n) is 2.84. The standard InChI is InChI=1S/C14H29NO3S/c1-4-8-15-13-7-6-12(2)11-14(13)19(16,17)10-5-9-18-3/h12-15H,4-11H2,1-3H3. The number of hydrogen-bond donors (Lipinski definition) is 1. The third-order valence-electron chi connectivity index (χ3n) is 3.95. The Morgan fingerprint density at radius 1 is 1.32 bits per heavy atom. The number of ether oxygens (including phenoxy) is 1. The molecule has 0 bridgehead atoms. The summed E-state index contributed by atoms with van der Waals surface area (Å²) in [4.78, 5) is 0. The highest BCUT2D eigenvalue weighted by Crippen LogP contribution is 2.29. The van der Waals surface area contributed by atoms with Gasteiger partial charge in [-0.25, -0.2) is 8.42 Å². The molecule has 0 aromatic carbocycles. The molecular formula is C14H29NO3S. The minimum Gasteiger partial charge on any atom is -0.385 e. The van der Waals surface area contributed by atoms with Crippen molar-refractivity contribution in [2.75, 3.05) is 26.0 Å². The summed E-state index contributed by atoms with van der Waals surface area (Å²) in [5.74, 6) is 0.768. The van der Waals surface area contributed by atoms with Crippen LogP contribution in [0.1, 0.15) is 46.0 Å². The first-order valence-corrected chi connectivity index (χ1v) is 9.16. The Bertz CT molecular complexity index is 341. The lowest BCUT2D eigenvalue weighted by Crippen LogP contribution is -2.48. The number of hydrogen-bond acceptors (Lipinski definition) is 4. The van der Waals surface area contributed by atoms with Crippen molar-refractivity contribution in [1.82, 2.24) is 5.32 Å². The number of methoxy groups -OCH3 is 1. The maximum absolute atomic E-state index is 12.5. The highest BCUT2D eigenvalue weighted by molar-refractivity contribution is 7.92. The van der Waals surface area contributed by atoms with Gasteiger partial charge in [0.2, 0.25) is 0 Å². The molecule has 1 aliphatic carbocycles. The van der Waals surface area contributed by atoms with Crippen LogP contribution in [-0.2, 0) is 14.6 Å². The number of sulfone groups is 1. The summed E-state index contributed by atoms with van der Waals surface area (Å²) in [6.45, 7) is 5.70. The topological polar surface area (TPSA) is 55.4 Å². The Morgan fingerprint density at radius 3 is 2.68 bits per heavy atom. The van der Waals surface area contributed by atoms with E-state index in [0.717, 1.165) is 32.2 Å². The van der Waals surface area contributed by atoms with Gasteiger partial charge < -0.3 is 10.1 Å². The molecule has 0 saturated heterocycles. The van der Waals surface area contributed by atoms with Crippen molar-refractivity contribution in [3.05, 3.63) is 0 Å². The van der Waals surface area contributed by atoms with Gasteiger partial charge >= 0.3 is 0 Å². The van der Waals surface area contributed by atoms with E-state index in [1.807, 2.05) is 0 Å². The van der Waals surface area contributed by atoms with Gasteiger partial charge in [-0.3, -0.25) is 0 Å². The third-order valence-corrected chi connectivity index (χ3v) is 6.25. The summed E-state index contributed by atoms with van der Waals surface area (Å²) < 4.78 is 29.9. The Labute approximate surface area is 118 Å². The quantitative estimate of drug-likeness (QED) is 0.695. The van der Waals surface area contributed by atoms with Crippen LogP contribution in [0.2, 0.25) is 0 Å². The molecule has 0 spiro atoms. The van der Waals surface area contributed by atoms with E-state index in [1.165, 1.54) is 0 Å². The highest BCUT2D eigenvalue weighted by atomic mass is 32.2. The molecular weight excluding hydrogens is 262 g/mol. The zero-order valence-electron chi connectivity index (χ0n) is 12.5. The van der Waals surface area contributed by atoms with E-state index in [-0.39, 0.29) is 17.0 Å². The molecule has 0 aromatic heterocycles. The largest absolute Gasteiger partial charge is 0.385 e. The van der Waals surface area contributed by atoms with Gasteiger partial charge in [-0.1, -0.05) is 13.8 Å². The molecule has 114 valence electrons. The second-order valence-electron chi connectivity index (χ2n) is 5.73. The van der Waals surface area contributed by atoms with Crippen molar-refractivity contribution in [2.45, 2.75) is 57.2 Å². The summed E-state index contributed by atoms with van der Waals surface area (Å²) >= 11 is 0. The predicted octanol–water partition coefficient (Wildman–Crippen LogP) is 1.99. The van der Waals surface area contributed by atoms with E-state index >= 15 is 0 Å². The van der Waals surface area contributed by atoms with Crippen LogP contribution in [-0.4, -0.2) is 45.7 Å². The zero-order chi connectivity index (χ0) is 14.3. The first-order chi connectivity index (χ1) is 9.01. The van der Waals surface area contributed by atoms with Gasteiger partial charge in [0.05, 0.1) is 11.0 Å². The molecule has 1 saturated carbocycles. The SMILES string of the molecule is CCCNC1CCC(C)CC1S(=O)(=O)CCCOC. The molecule has 1 N–H and O–H groups in total. The van der Waals surface area contributed by atoms with Crippen LogP contribution >= 0.6 is 0 Å². The molecule has 1 aliphatic rings. The second kappa shape index (κ2) is 8.22. The van der Waals surface area contributed by atoms with Gasteiger partial charge in [0, 0.05) is 19.8 Å². The van der Waals surface area contributed by atoms with E-state index in [1.54, 1.807) is 7.11 Å². The normalized spacial score (nSPS) is 28.5. The molecule has 1 fully saturated rings. The van der Waals surface area contributed by atoms with Gasteiger partial charge in [0.1, 0.15) is 0 Å². The first kappa shape index (κ1) is 16.9. The minimum absolute atomic E-state index is 0.142. The maximum Gasteiger partial charge on any atom is 0.154 e. The first-order valence-electron chi connectivity index (χ1n) is 7.45. The second-order valence-corrected chi connectivity index (χ2v) is 8.07. The molecule has 0 aromatic rings. The van der Waals surface area contributed by atoms with Crippen molar-refractivity contribution < 1.29 is 13.2 Å². The van der Waals surface area contributed by atoms with Gasteiger partial charge in [-0.05, 0) is 44.6 Å². The van der Waals surface area contributed by atoms with Crippen molar-refractivity contribution in [1.29, 1.82) is 0 Å². The summed E-state index contributed by atoms with van der Waals surface area (Å²) in [6.07, 6.45) is 4.56. The van der Waals surface area contributed by atoms with Crippen molar-refractivity contribution in [3.63, 3.8) is 0 Å². The maximum atomic E-state index is 12.5. The Balaban J connectivity index is 2.66. The van der Waals surface area contributed by atoms with Crippen LogP contribution in [0.15, 0.2) is 0 Å². The van der Waals surface area contributed by atoms with Crippen molar-refractivity contribution >= 4 is 9.84 Å². The number of rotatable bonds is 8. The molecule has 19 heavy (non-hydrogen) atoms. The Morgan fingerprint density at radius 2 is 2.05 bits per heavy atom. The summed E-state index contributed by atoms with van der Waals surface area (Å²) in [5, 5.41) is 3.22. The summed E-state index contributed by atoms with van der Waals surface area (Å²) in [6, 6.07) is 0.142. The van der Waals surface area contributed by atoms with E-state index in [9.17, 15) is 8.42 Å². The fourth-order valence-corrected chi connectivity index (χ4v) is 5.02. The third kappa shape index (κ3) is 5.40. The van der Waals surface area contributed by atoms with Crippen molar-refractivity contribution in [3.8, 4) is 0 Å². The average Bonchev–Trinajstić information content (AvgIpc) is 2.37. The summed E-state index contributed by atoms with van der Waals surface area (Å²) in [5.41, 5.74) is 0. The monoisotopic (exact) mass is 291 g/mol. The average molecular weight is 291 g/mol. The van der Waals surface area contributed by atoms with Gasteiger partial charge in [0.15, 0.2) is 9.84 Å². The van der Waals surface area contributed by atoms with Gasteiger partial charge in [-0.15, -0.1) is 0 Å². The molecule has 0 amide bonds. The predicted molar refractivity (Wildman–Crippen MR) is 79.2 cm³/mol. The highest BCUT2D eigenvalue weighted by Gasteiger charge is 2.36. The van der Waals surface area contributed by atoms with Crippen LogP contribution in [0.3, 0.4) is 0 Å². The van der Waals surface area contributed by atoms with Gasteiger partial charge in [0.25, 0.3) is 0 Å². The Hall–Kier alpha value is -0.130. The minimum atomic E-state index is -3.01. The van der Waals surface area contributed by atoms with Crippen LogP contribution in [0, 0.1) is 5.92 Å². The molecule has 3 unspecified atom stereocenters. The fraction of sp³-hybridized carbons (Fsp3) is 1.00. The lowest BCUT2D eigenvalue weighted by molar-refractivity contribution is 0.199. The smallest absolute Gasteiger partial charge is 0.154 e. The van der Waals surface area contributed by atoms with Crippen molar-refractivity contribution in [2.24, 2.45) is 5.92 Å². The van der Waals surface area contributed by atoms with E-state index in [0.29, 0.717) is 18.9 Å². The van der Waals surface area contributed by atoms with E-state index < -0.39 is 9.84 Å². The lowest BCUT2D eigenvalue weighted by atomic mass is 9.87. The number of nitrogens with one attached hydrogen (secondary N) is 1. The van der Waals surface area contributed by atoms with Crippen LogP contribution in [0.5, 0.6) is 0 Å². The molecule has 0 aliphatic heterocycles. The Kier molecular flexibility index (Phi) is 7.32. The summed E-state index contributed by atoms with van der Waals surface area (Å²) in [7, 11) is -1.40. The molecule has 0 radical (unpaired) electrons. The molecule has 5 heteroatoms. The molecule has 0 heterocycles. The van der Waals surface area contributed by atoms with E-state index in [4.69, 9.17) is 4.74 Å².